The molecule has 5 heteroatoms. The number of aromatic nitrogens is 1. The first kappa shape index (κ1) is 10.4. The Balaban J connectivity index is 2.11. The summed E-state index contributed by atoms with van der Waals surface area (Å²) in [5, 5.41) is 3.58. The van der Waals surface area contributed by atoms with Gasteiger partial charge in [-0.3, -0.25) is 0 Å². The monoisotopic (exact) mass is 220 g/mol. The van der Waals surface area contributed by atoms with E-state index in [9.17, 15) is 0 Å². The molecule has 0 unspecified atom stereocenters. The average molecular weight is 220 g/mol. The Kier molecular flexibility index (Phi) is 2.95. The van der Waals surface area contributed by atoms with Crippen LogP contribution in [-0.2, 0) is 6.61 Å². The lowest BCUT2D eigenvalue weighted by molar-refractivity contribution is 0.283. The molecular weight excluding hydrogens is 208 g/mol. The van der Waals surface area contributed by atoms with Gasteiger partial charge < -0.3 is 19.7 Å². The summed E-state index contributed by atoms with van der Waals surface area (Å²) >= 11 is 0. The van der Waals surface area contributed by atoms with E-state index in [2.05, 4.69) is 5.16 Å². The van der Waals surface area contributed by atoms with Crippen molar-refractivity contribution in [3.8, 4) is 11.5 Å². The van der Waals surface area contributed by atoms with Crippen LogP contribution in [0.4, 0.5) is 5.69 Å². The summed E-state index contributed by atoms with van der Waals surface area (Å²) in [6.07, 6.45) is 3.12. The van der Waals surface area contributed by atoms with E-state index in [4.69, 9.17) is 19.7 Å². The molecule has 0 fully saturated rings. The minimum atomic E-state index is 0.364. The van der Waals surface area contributed by atoms with Gasteiger partial charge >= 0.3 is 0 Å². The summed E-state index contributed by atoms with van der Waals surface area (Å²) in [4.78, 5) is 0. The first-order chi connectivity index (χ1) is 7.79. The normalized spacial score (nSPS) is 10.1. The van der Waals surface area contributed by atoms with Gasteiger partial charge in [0.05, 0.1) is 13.3 Å². The van der Waals surface area contributed by atoms with Gasteiger partial charge in [0.2, 0.25) is 0 Å². The molecule has 5 nitrogen and oxygen atoms in total. The lowest BCUT2D eigenvalue weighted by atomic mass is 10.3. The second-order valence-electron chi connectivity index (χ2n) is 3.23. The zero-order valence-electron chi connectivity index (χ0n) is 8.84. The highest BCUT2D eigenvalue weighted by Gasteiger charge is 2.05. The molecule has 0 saturated carbocycles. The van der Waals surface area contributed by atoms with E-state index in [1.807, 2.05) is 0 Å². The first-order valence-corrected chi connectivity index (χ1v) is 4.74. The predicted octanol–water partition coefficient (Wildman–Crippen LogP) is 1.84. The lowest BCUT2D eigenvalue weighted by Crippen LogP contribution is -1.97. The fourth-order valence-electron chi connectivity index (χ4n) is 1.27. The van der Waals surface area contributed by atoms with Crippen molar-refractivity contribution < 1.29 is 14.0 Å². The Morgan fingerprint density at radius 2 is 2.25 bits per heavy atom. The van der Waals surface area contributed by atoms with Gasteiger partial charge in [0.15, 0.2) is 11.5 Å². The number of ether oxygens (including phenoxy) is 2. The third-order valence-corrected chi connectivity index (χ3v) is 2.07. The van der Waals surface area contributed by atoms with Crippen LogP contribution in [0.3, 0.4) is 0 Å². The molecule has 1 heterocycles. The van der Waals surface area contributed by atoms with Crippen LogP contribution in [0.2, 0.25) is 0 Å². The van der Waals surface area contributed by atoms with Crippen LogP contribution < -0.4 is 15.2 Å². The van der Waals surface area contributed by atoms with Gasteiger partial charge in [-0.05, 0) is 12.1 Å². The van der Waals surface area contributed by atoms with Gasteiger partial charge in [-0.25, -0.2) is 0 Å². The molecule has 0 radical (unpaired) electrons. The van der Waals surface area contributed by atoms with Crippen molar-refractivity contribution >= 4 is 5.69 Å². The molecule has 16 heavy (non-hydrogen) atoms. The van der Waals surface area contributed by atoms with E-state index in [-0.39, 0.29) is 0 Å². The Morgan fingerprint density at radius 3 is 2.94 bits per heavy atom. The van der Waals surface area contributed by atoms with E-state index in [0.717, 1.165) is 5.56 Å². The van der Waals surface area contributed by atoms with Crippen LogP contribution >= 0.6 is 0 Å². The molecule has 0 amide bonds. The average Bonchev–Trinajstić information content (AvgIpc) is 2.79. The third kappa shape index (κ3) is 2.25. The summed E-state index contributed by atoms with van der Waals surface area (Å²) in [5.74, 6) is 1.24. The summed E-state index contributed by atoms with van der Waals surface area (Å²) in [6, 6.07) is 5.23. The van der Waals surface area contributed by atoms with E-state index in [1.54, 1.807) is 31.5 Å². The molecule has 0 aliphatic heterocycles. The maximum atomic E-state index is 5.66. The Labute approximate surface area is 92.8 Å². The highest BCUT2D eigenvalue weighted by atomic mass is 16.5. The molecule has 1 aromatic carbocycles. The maximum absolute atomic E-state index is 5.66. The number of benzene rings is 1. The fourth-order valence-corrected chi connectivity index (χ4v) is 1.27. The van der Waals surface area contributed by atoms with Crippen LogP contribution in [0.25, 0.3) is 0 Å². The van der Waals surface area contributed by atoms with Crippen LogP contribution in [0.1, 0.15) is 5.56 Å². The highest BCUT2D eigenvalue weighted by Crippen LogP contribution is 2.29. The van der Waals surface area contributed by atoms with Gasteiger partial charge in [0, 0.05) is 17.3 Å². The smallest absolute Gasteiger partial charge is 0.163 e. The zero-order valence-corrected chi connectivity index (χ0v) is 8.84. The minimum Gasteiger partial charge on any atom is -0.493 e. The van der Waals surface area contributed by atoms with Crippen molar-refractivity contribution in [2.75, 3.05) is 12.8 Å². The minimum absolute atomic E-state index is 0.364. The predicted molar refractivity (Wildman–Crippen MR) is 58.2 cm³/mol. The third-order valence-electron chi connectivity index (χ3n) is 2.07. The first-order valence-electron chi connectivity index (χ1n) is 4.74. The van der Waals surface area contributed by atoms with E-state index in [0.29, 0.717) is 23.8 Å². The fraction of sp³-hybridized carbons (Fsp3) is 0.182. The van der Waals surface area contributed by atoms with Crippen molar-refractivity contribution in [2.45, 2.75) is 6.61 Å². The SMILES string of the molecule is COc1ccc(N)cc1OCc1cnoc1. The number of nitrogen functional groups attached to an aromatic ring is 1. The Bertz CT molecular complexity index is 454. The van der Waals surface area contributed by atoms with E-state index >= 15 is 0 Å². The van der Waals surface area contributed by atoms with E-state index in [1.165, 1.54) is 6.26 Å². The number of hydrogen-bond acceptors (Lipinski definition) is 5. The number of nitrogens with zero attached hydrogens (tertiary/aromatic N) is 1. The van der Waals surface area contributed by atoms with Crippen LogP contribution in [0.15, 0.2) is 35.2 Å². The van der Waals surface area contributed by atoms with Gasteiger partial charge in [0.1, 0.15) is 12.9 Å². The largest absolute Gasteiger partial charge is 0.493 e. The molecule has 1 aromatic heterocycles. The molecule has 84 valence electrons. The summed E-state index contributed by atoms with van der Waals surface area (Å²) in [6.45, 7) is 0.364. The molecule has 0 bridgehead atoms. The van der Waals surface area contributed by atoms with Crippen molar-refractivity contribution in [1.82, 2.24) is 5.16 Å². The Hall–Kier alpha value is -2.17. The molecule has 0 atom stereocenters. The standard InChI is InChI=1S/C11H12N2O3/c1-14-10-3-2-9(12)4-11(10)15-6-8-5-13-16-7-8/h2-5,7H,6,12H2,1H3. The number of rotatable bonds is 4. The molecule has 0 spiro atoms. The zero-order chi connectivity index (χ0) is 11.4. The molecular formula is C11H12N2O3. The van der Waals surface area contributed by atoms with Crippen molar-refractivity contribution in [1.29, 1.82) is 0 Å². The highest BCUT2D eigenvalue weighted by molar-refractivity contribution is 5.51. The van der Waals surface area contributed by atoms with Gasteiger partial charge in [-0.1, -0.05) is 5.16 Å². The van der Waals surface area contributed by atoms with Crippen LogP contribution in [0.5, 0.6) is 11.5 Å². The molecule has 0 aliphatic carbocycles. The van der Waals surface area contributed by atoms with Gasteiger partial charge in [0.25, 0.3) is 0 Å². The molecule has 2 rings (SSSR count). The molecule has 2 aromatic rings. The van der Waals surface area contributed by atoms with Crippen molar-refractivity contribution in [2.24, 2.45) is 0 Å². The topological polar surface area (TPSA) is 70.5 Å². The van der Waals surface area contributed by atoms with Crippen LogP contribution in [0, 0.1) is 0 Å². The van der Waals surface area contributed by atoms with E-state index < -0.39 is 0 Å². The van der Waals surface area contributed by atoms with Gasteiger partial charge in [-0.15, -0.1) is 0 Å². The molecule has 2 N–H and O–H groups in total. The number of nitrogens with two attached hydrogens (primary N) is 1. The van der Waals surface area contributed by atoms with Crippen molar-refractivity contribution in [3.63, 3.8) is 0 Å². The van der Waals surface area contributed by atoms with Crippen molar-refractivity contribution in [3.05, 3.63) is 36.2 Å². The lowest BCUT2D eigenvalue weighted by Gasteiger charge is -2.10. The number of hydrogen-bond donors (Lipinski definition) is 1. The molecule has 0 saturated heterocycles. The summed E-state index contributed by atoms with van der Waals surface area (Å²) in [5.41, 5.74) is 7.14. The second-order valence-corrected chi connectivity index (χ2v) is 3.23. The van der Waals surface area contributed by atoms with Gasteiger partial charge in [-0.2, -0.15) is 0 Å². The second kappa shape index (κ2) is 4.57. The number of anilines is 1. The quantitative estimate of drug-likeness (QED) is 0.796. The summed E-state index contributed by atoms with van der Waals surface area (Å²) in [7, 11) is 1.58. The summed E-state index contributed by atoms with van der Waals surface area (Å²) < 4.78 is 15.4. The maximum Gasteiger partial charge on any atom is 0.163 e. The van der Waals surface area contributed by atoms with Crippen LogP contribution in [-0.4, -0.2) is 12.3 Å². The molecule has 0 aliphatic rings. The Morgan fingerprint density at radius 1 is 1.38 bits per heavy atom. The number of methoxy groups -OCH3 is 1.